The predicted octanol–water partition coefficient (Wildman–Crippen LogP) is -2.30. The number of benzene rings is 1. The van der Waals surface area contributed by atoms with Crippen molar-refractivity contribution in [2.24, 2.45) is 50.7 Å². The molecule has 0 radical (unpaired) electrons. The van der Waals surface area contributed by atoms with Crippen LogP contribution in [0.2, 0.25) is 0 Å². The van der Waals surface area contributed by atoms with Crippen LogP contribution in [0.3, 0.4) is 0 Å². The van der Waals surface area contributed by atoms with Crippen molar-refractivity contribution in [1.29, 1.82) is 0 Å². The third-order valence-electron chi connectivity index (χ3n) is 11.3. The van der Waals surface area contributed by atoms with E-state index in [1.54, 1.807) is 65.8 Å². The highest BCUT2D eigenvalue weighted by Crippen LogP contribution is 2.13. The summed E-state index contributed by atoms with van der Waals surface area (Å²) in [4.78, 5) is 117. The van der Waals surface area contributed by atoms with Crippen molar-refractivity contribution in [3.05, 3.63) is 35.9 Å². The number of carboxylic acid groups (broad SMARTS) is 1. The van der Waals surface area contributed by atoms with Gasteiger partial charge in [-0.2, -0.15) is 0 Å². The molecule has 24 heteroatoms. The van der Waals surface area contributed by atoms with Gasteiger partial charge < -0.3 is 75.7 Å². The van der Waals surface area contributed by atoms with E-state index in [2.05, 4.69) is 52.5 Å². The van der Waals surface area contributed by atoms with Crippen LogP contribution < -0.4 is 65.5 Å². The van der Waals surface area contributed by atoms with Crippen LogP contribution in [0, 0.1) is 17.8 Å². The van der Waals surface area contributed by atoms with Gasteiger partial charge >= 0.3 is 5.97 Å². The number of nitrogens with one attached hydrogen (secondary N) is 8. The average Bonchev–Trinajstić information content (AvgIpc) is 3.84. The summed E-state index contributed by atoms with van der Waals surface area (Å²) in [5.74, 6) is -7.29. The van der Waals surface area contributed by atoms with E-state index >= 15 is 0 Å². The summed E-state index contributed by atoms with van der Waals surface area (Å²) in [6.07, 6.45) is 2.15. The van der Waals surface area contributed by atoms with Gasteiger partial charge in [-0.15, -0.1) is 0 Å². The van der Waals surface area contributed by atoms with Crippen LogP contribution in [-0.4, -0.2) is 144 Å². The van der Waals surface area contributed by atoms with E-state index in [1.807, 2.05) is 6.07 Å². The number of guanidine groups is 2. The molecule has 0 unspecified atom stereocenters. The number of amides is 7. The molecular weight excluding hydrogens is 921 g/mol. The summed E-state index contributed by atoms with van der Waals surface area (Å²) in [6.45, 7) is 10.7. The van der Waals surface area contributed by atoms with Gasteiger partial charge in [-0.3, -0.25) is 43.5 Å². The lowest BCUT2D eigenvalue weighted by atomic mass is 10.00. The molecule has 1 aromatic rings. The highest BCUT2D eigenvalue weighted by atomic mass is 16.4. The molecule has 71 heavy (non-hydrogen) atoms. The third kappa shape index (κ3) is 23.7. The Labute approximate surface area is 416 Å². The summed E-state index contributed by atoms with van der Waals surface area (Å²) in [5, 5.41) is 41.8. The van der Waals surface area contributed by atoms with E-state index in [0.717, 1.165) is 12.0 Å². The number of hydrogen-bond donors (Lipinski definition) is 14. The van der Waals surface area contributed by atoms with Crippen LogP contribution in [0.5, 0.6) is 0 Å². The van der Waals surface area contributed by atoms with Gasteiger partial charge in [-0.1, -0.05) is 71.9 Å². The number of rotatable bonds is 32. The number of aliphatic imine (C=N–C) groups is 2. The van der Waals surface area contributed by atoms with Crippen LogP contribution in [0.25, 0.3) is 0 Å². The van der Waals surface area contributed by atoms with Gasteiger partial charge in [0.05, 0.1) is 12.6 Å². The predicted molar refractivity (Wildman–Crippen MR) is 268 cm³/mol. The zero-order valence-electron chi connectivity index (χ0n) is 42.0. The Morgan fingerprint density at radius 1 is 0.577 bits per heavy atom. The minimum Gasteiger partial charge on any atom is -0.480 e. The zero-order valence-corrected chi connectivity index (χ0v) is 42.0. The minimum absolute atomic E-state index is 0.00717. The molecule has 398 valence electrons. The number of hydrogen-bond acceptors (Lipinski definition) is 12. The Morgan fingerprint density at radius 2 is 0.972 bits per heavy atom. The standard InChI is InChI=1S/C47H80N14O10/c1-26(2)21-33(41(66)55-32(17-12-20-54-47(50)51)40(65)60-36(45(70)71)23-28(5)6)58-44(69)37(25-62)61-42(67)34(22-27(3)4)57-39(64)31(16-11-19-53-46(48)49)56-43(68)35(24-29-13-8-7-9-14-29)59-38(63)30-15-10-18-52-30/h7-9,13-14,26-28,30-37,52,62H,10-12,15-25H2,1-6H3,(H,55,66)(H,56,68)(H,57,64)(H,58,69)(H,59,63)(H,60,65)(H,61,67)(H,70,71)(H4,48,49,53)(H4,50,51,54)/t30-,31-,32-,33-,34-,35-,36-,37-/m0/s1. The molecule has 0 aliphatic carbocycles. The SMILES string of the molecule is CC(C)C[C@H](NC(=O)[C@H](CCCN=C(N)N)NC(=O)[C@H](CC(C)C)NC(=O)[C@H](CO)NC(=O)[C@H](CC(C)C)NC(=O)[C@H](CCCN=C(N)N)NC(=O)[C@H](Cc1ccccc1)NC(=O)[C@@H]1CCCN1)C(=O)O. The molecule has 1 saturated heterocycles. The van der Waals surface area contributed by atoms with Gasteiger partial charge in [0, 0.05) is 19.5 Å². The second kappa shape index (κ2) is 31.6. The third-order valence-corrected chi connectivity index (χ3v) is 11.3. The van der Waals surface area contributed by atoms with E-state index in [1.165, 1.54) is 0 Å². The quantitative estimate of drug-likeness (QED) is 0.0205. The number of carbonyl (C=O) groups excluding carboxylic acids is 7. The lowest BCUT2D eigenvalue weighted by Crippen LogP contribution is -2.61. The van der Waals surface area contributed by atoms with Crippen molar-refractivity contribution >= 4 is 59.2 Å². The van der Waals surface area contributed by atoms with E-state index < -0.39 is 96.4 Å². The number of carbonyl (C=O) groups is 8. The fraction of sp³-hybridized carbons (Fsp3) is 0.660. The van der Waals surface area contributed by atoms with Crippen molar-refractivity contribution < 1.29 is 48.6 Å². The second-order valence-electron chi connectivity index (χ2n) is 19.1. The highest BCUT2D eigenvalue weighted by Gasteiger charge is 2.35. The summed E-state index contributed by atoms with van der Waals surface area (Å²) >= 11 is 0. The first kappa shape index (κ1) is 60.6. The molecule has 0 spiro atoms. The molecule has 0 bridgehead atoms. The number of carboxylic acids is 1. The highest BCUT2D eigenvalue weighted by molar-refractivity contribution is 5.97. The summed E-state index contributed by atoms with van der Waals surface area (Å²) < 4.78 is 0. The fourth-order valence-corrected chi connectivity index (χ4v) is 7.71. The van der Waals surface area contributed by atoms with Crippen LogP contribution in [-0.2, 0) is 44.8 Å². The number of aliphatic hydroxyl groups excluding tert-OH is 1. The molecule has 0 saturated carbocycles. The molecule has 1 aliphatic rings. The largest absolute Gasteiger partial charge is 0.480 e. The monoisotopic (exact) mass is 1000 g/mol. The number of nitrogens with zero attached hydrogens (tertiary/aromatic N) is 2. The van der Waals surface area contributed by atoms with Gasteiger partial charge in [0.25, 0.3) is 0 Å². The maximum atomic E-state index is 14.2. The molecular formula is C47H80N14O10. The van der Waals surface area contributed by atoms with Gasteiger partial charge in [0.2, 0.25) is 41.4 Å². The summed E-state index contributed by atoms with van der Waals surface area (Å²) in [7, 11) is 0. The molecule has 7 amide bonds. The van der Waals surface area contributed by atoms with E-state index in [0.29, 0.717) is 13.0 Å². The molecule has 1 heterocycles. The molecule has 1 aliphatic heterocycles. The van der Waals surface area contributed by atoms with Crippen LogP contribution >= 0.6 is 0 Å². The Hall–Kier alpha value is -6.56. The molecule has 24 nitrogen and oxygen atoms in total. The first-order chi connectivity index (χ1) is 33.5. The van der Waals surface area contributed by atoms with Crippen molar-refractivity contribution in [3.8, 4) is 0 Å². The average molecular weight is 1000 g/mol. The van der Waals surface area contributed by atoms with Crippen LogP contribution in [0.4, 0.5) is 0 Å². The van der Waals surface area contributed by atoms with Gasteiger partial charge in [0.1, 0.15) is 42.3 Å². The maximum absolute atomic E-state index is 14.2. The molecule has 8 atom stereocenters. The zero-order chi connectivity index (χ0) is 53.2. The van der Waals surface area contributed by atoms with Crippen molar-refractivity contribution in [2.45, 2.75) is 154 Å². The normalized spacial score (nSPS) is 16.2. The van der Waals surface area contributed by atoms with Crippen molar-refractivity contribution in [3.63, 3.8) is 0 Å². The van der Waals surface area contributed by atoms with Gasteiger partial charge in [-0.25, -0.2) is 4.79 Å². The number of aliphatic hydroxyl groups is 1. The molecule has 2 rings (SSSR count). The van der Waals surface area contributed by atoms with Gasteiger partial charge in [-0.05, 0) is 87.6 Å². The van der Waals surface area contributed by atoms with Gasteiger partial charge in [0.15, 0.2) is 11.9 Å². The minimum atomic E-state index is -1.63. The van der Waals surface area contributed by atoms with E-state index in [9.17, 15) is 48.6 Å². The first-order valence-electron chi connectivity index (χ1n) is 24.3. The summed E-state index contributed by atoms with van der Waals surface area (Å²) in [6, 6.07) is -0.556. The summed E-state index contributed by atoms with van der Waals surface area (Å²) in [5.41, 5.74) is 22.7. The van der Waals surface area contributed by atoms with E-state index in [4.69, 9.17) is 22.9 Å². The van der Waals surface area contributed by atoms with Crippen molar-refractivity contribution in [2.75, 3.05) is 26.2 Å². The van der Waals surface area contributed by atoms with Crippen LogP contribution in [0.15, 0.2) is 40.3 Å². The Balaban J connectivity index is 2.35. The second-order valence-corrected chi connectivity index (χ2v) is 19.1. The topological polar surface area (TPSA) is 402 Å². The van der Waals surface area contributed by atoms with E-state index in [-0.39, 0.29) is 100 Å². The Morgan fingerprint density at radius 3 is 1.38 bits per heavy atom. The maximum Gasteiger partial charge on any atom is 0.326 e. The smallest absolute Gasteiger partial charge is 0.326 e. The first-order valence-corrected chi connectivity index (χ1v) is 24.3. The fourth-order valence-electron chi connectivity index (χ4n) is 7.71. The number of aliphatic carboxylic acids is 1. The lowest BCUT2D eigenvalue weighted by molar-refractivity contribution is -0.143. The Bertz CT molecular complexity index is 1950. The number of nitrogens with two attached hydrogens (primary N) is 4. The van der Waals surface area contributed by atoms with Crippen LogP contribution in [0.1, 0.15) is 105 Å². The molecule has 0 aromatic heterocycles. The molecule has 1 fully saturated rings. The Kier molecular flexibility index (Phi) is 27.0. The molecule has 1 aromatic carbocycles. The molecule has 18 N–H and O–H groups in total. The lowest BCUT2D eigenvalue weighted by Gasteiger charge is -2.28. The van der Waals surface area contributed by atoms with Crippen molar-refractivity contribution in [1.82, 2.24) is 42.5 Å².